The number of rotatable bonds is 10. The van der Waals surface area contributed by atoms with Gasteiger partial charge in [-0.1, -0.05) is 103 Å². The van der Waals surface area contributed by atoms with Gasteiger partial charge in [0.1, 0.15) is 0 Å². The van der Waals surface area contributed by atoms with Gasteiger partial charge in [-0.3, -0.25) is 0 Å². The molecule has 4 heteroatoms. The Morgan fingerprint density at radius 3 is 1.12 bits per heavy atom. The van der Waals surface area contributed by atoms with Gasteiger partial charge in [0.2, 0.25) is 0 Å². The van der Waals surface area contributed by atoms with Gasteiger partial charge in [0.15, 0.2) is 0 Å². The Balaban J connectivity index is 1.25. The van der Waals surface area contributed by atoms with E-state index in [1.54, 1.807) is 0 Å². The van der Waals surface area contributed by atoms with Crippen LogP contribution in [-0.4, -0.2) is 22.4 Å². The largest absolute Gasteiger partial charge is 0.616 e. The van der Waals surface area contributed by atoms with E-state index in [2.05, 4.69) is 158 Å². The van der Waals surface area contributed by atoms with Gasteiger partial charge in [-0.15, -0.1) is 13.1 Å². The highest BCUT2D eigenvalue weighted by molar-refractivity contribution is 5.76. The minimum absolute atomic E-state index is 0.663. The third-order valence-corrected chi connectivity index (χ3v) is 8.12. The predicted octanol–water partition coefficient (Wildman–Crippen LogP) is 10.6. The van der Waals surface area contributed by atoms with Crippen LogP contribution >= 0.6 is 0 Å². The lowest BCUT2D eigenvalue weighted by Gasteiger charge is -2.34. The third kappa shape index (κ3) is 5.74. The Morgan fingerprint density at radius 1 is 0.395 bits per heavy atom. The predicted molar refractivity (Wildman–Crippen MR) is 181 cm³/mol. The van der Waals surface area contributed by atoms with Crippen molar-refractivity contribution in [1.82, 2.24) is 9.35 Å². The van der Waals surface area contributed by atoms with E-state index >= 15 is 0 Å². The van der Waals surface area contributed by atoms with Crippen LogP contribution in [0.2, 0.25) is 0 Å². The van der Waals surface area contributed by atoms with Crippen molar-refractivity contribution in [2.24, 2.45) is 0 Å². The van der Waals surface area contributed by atoms with Crippen LogP contribution in [0.25, 0.3) is 55.9 Å². The average molecular weight is 563 g/mol. The first kappa shape index (κ1) is 28.2. The summed E-state index contributed by atoms with van der Waals surface area (Å²) in [5.41, 5.74) is 24.6. The minimum atomic E-state index is 0.663. The van der Waals surface area contributed by atoms with E-state index in [0.717, 1.165) is 40.3 Å². The second-order valence-electron chi connectivity index (χ2n) is 11.2. The van der Waals surface area contributed by atoms with Crippen LogP contribution in [0.3, 0.4) is 0 Å². The topological polar surface area (TPSA) is 38.1 Å². The lowest BCUT2D eigenvalue weighted by atomic mass is 10.0. The summed E-state index contributed by atoms with van der Waals surface area (Å²) in [5, 5.41) is 0. The van der Waals surface area contributed by atoms with Crippen LogP contribution in [0.15, 0.2) is 121 Å². The zero-order valence-electron chi connectivity index (χ0n) is 25.5. The number of hydrogen-bond donors (Lipinski definition) is 0. The van der Waals surface area contributed by atoms with Gasteiger partial charge < -0.3 is 20.2 Å². The summed E-state index contributed by atoms with van der Waals surface area (Å²) in [6.45, 7) is 10.0. The van der Waals surface area contributed by atoms with Crippen LogP contribution in [0.5, 0.6) is 0 Å². The van der Waals surface area contributed by atoms with E-state index in [0.29, 0.717) is 13.1 Å². The average Bonchev–Trinajstić information content (AvgIpc) is 3.62. The quantitative estimate of drug-likeness (QED) is 0.149. The molecule has 2 aromatic heterocycles. The summed E-state index contributed by atoms with van der Waals surface area (Å²) in [7, 11) is 0. The summed E-state index contributed by atoms with van der Waals surface area (Å²) in [6, 6.07) is 42.8. The summed E-state index contributed by atoms with van der Waals surface area (Å²) in [5.74, 6) is 0. The fourth-order valence-corrected chi connectivity index (χ4v) is 6.04. The van der Waals surface area contributed by atoms with Gasteiger partial charge in [0.05, 0.1) is 0 Å². The van der Waals surface area contributed by atoms with Gasteiger partial charge in [0.25, 0.3) is 0 Å². The standard InChI is InChI=1S/C39H38N4/c1-28-14-11-15-29(2)38(28)36-24-22-34(32-18-7-5-8-19-32)42(36)40-26-13-27-41-43-35(33-20-9-6-10-21-33)23-25-37(43)39-30(3)16-12-17-31(39)4/h5-12,14-25H,13,26-27H2,1-4H3/q-2. The zero-order valence-corrected chi connectivity index (χ0v) is 25.5. The van der Waals surface area contributed by atoms with Crippen molar-refractivity contribution in [2.45, 2.75) is 34.1 Å². The Labute approximate surface area is 255 Å². The van der Waals surface area contributed by atoms with Gasteiger partial charge >= 0.3 is 0 Å². The number of hydrogen-bond acceptors (Lipinski definition) is 0. The molecule has 0 saturated carbocycles. The van der Waals surface area contributed by atoms with Crippen molar-refractivity contribution >= 4 is 0 Å². The molecule has 216 valence electrons. The molecule has 0 unspecified atom stereocenters. The van der Waals surface area contributed by atoms with Crippen molar-refractivity contribution in [3.8, 4) is 45.0 Å². The van der Waals surface area contributed by atoms with E-state index in [9.17, 15) is 0 Å². The van der Waals surface area contributed by atoms with E-state index in [1.807, 2.05) is 0 Å². The van der Waals surface area contributed by atoms with Crippen LogP contribution in [0.4, 0.5) is 0 Å². The van der Waals surface area contributed by atoms with Crippen LogP contribution < -0.4 is 0 Å². The maximum atomic E-state index is 5.16. The first-order valence-corrected chi connectivity index (χ1v) is 15.1. The SMILES string of the molecule is Cc1cccc(C)c1-c1ccc(-c2ccccc2)n1[N-]CCC[N-]n1c(-c2ccccc2)ccc1-c1c(C)cccc1C. The fourth-order valence-electron chi connectivity index (χ4n) is 6.04. The van der Waals surface area contributed by atoms with Gasteiger partial charge in [-0.2, -0.15) is 0 Å². The lowest BCUT2D eigenvalue weighted by molar-refractivity contribution is 0.822. The molecule has 0 bridgehead atoms. The third-order valence-electron chi connectivity index (χ3n) is 8.12. The molecular formula is C39H38N4-2. The molecule has 0 aliphatic heterocycles. The Kier molecular flexibility index (Phi) is 8.19. The summed E-state index contributed by atoms with van der Waals surface area (Å²) < 4.78 is 4.27. The molecule has 0 saturated heterocycles. The van der Waals surface area contributed by atoms with Crippen LogP contribution in [0, 0.1) is 27.7 Å². The maximum Gasteiger partial charge on any atom is 0.0353 e. The number of nitrogens with zero attached hydrogens (tertiary/aromatic N) is 4. The Hall–Kier alpha value is -4.96. The summed E-state index contributed by atoms with van der Waals surface area (Å²) in [4.78, 5) is 0. The van der Waals surface area contributed by atoms with Crippen molar-refractivity contribution in [3.05, 3.63) is 154 Å². The van der Waals surface area contributed by atoms with Crippen LogP contribution in [-0.2, 0) is 0 Å². The van der Waals surface area contributed by atoms with E-state index in [4.69, 9.17) is 10.9 Å². The molecule has 0 N–H and O–H groups in total. The fraction of sp³-hybridized carbons (Fsp3) is 0.179. The van der Waals surface area contributed by atoms with Gasteiger partial charge in [-0.25, -0.2) is 0 Å². The molecule has 0 spiro atoms. The second kappa shape index (κ2) is 12.5. The number of benzene rings is 4. The lowest BCUT2D eigenvalue weighted by Crippen LogP contribution is -2.05. The van der Waals surface area contributed by atoms with Crippen LogP contribution in [0.1, 0.15) is 28.7 Å². The molecule has 4 nitrogen and oxygen atoms in total. The second-order valence-corrected chi connectivity index (χ2v) is 11.2. The molecular weight excluding hydrogens is 524 g/mol. The van der Waals surface area contributed by atoms with E-state index in [1.165, 1.54) is 33.4 Å². The molecule has 2 heterocycles. The highest BCUT2D eigenvalue weighted by atomic mass is 15.4. The van der Waals surface area contributed by atoms with Gasteiger partial charge in [0, 0.05) is 33.9 Å². The molecule has 0 aliphatic rings. The first-order valence-electron chi connectivity index (χ1n) is 15.1. The zero-order chi connectivity index (χ0) is 29.8. The molecule has 0 radical (unpaired) electrons. The van der Waals surface area contributed by atoms with E-state index < -0.39 is 0 Å². The van der Waals surface area contributed by atoms with E-state index in [-0.39, 0.29) is 0 Å². The smallest absolute Gasteiger partial charge is 0.0353 e. The van der Waals surface area contributed by atoms with Crippen molar-refractivity contribution in [2.75, 3.05) is 13.1 Å². The van der Waals surface area contributed by atoms with Crippen molar-refractivity contribution in [3.63, 3.8) is 0 Å². The number of aryl methyl sites for hydroxylation is 4. The normalized spacial score (nSPS) is 11.1. The van der Waals surface area contributed by atoms with Crippen molar-refractivity contribution in [1.29, 1.82) is 0 Å². The summed E-state index contributed by atoms with van der Waals surface area (Å²) in [6.07, 6.45) is 0.831. The number of aromatic nitrogens is 2. The molecule has 0 fully saturated rings. The molecule has 4 aromatic carbocycles. The summed E-state index contributed by atoms with van der Waals surface area (Å²) >= 11 is 0. The molecule has 0 aliphatic carbocycles. The monoisotopic (exact) mass is 562 g/mol. The van der Waals surface area contributed by atoms with Gasteiger partial charge in [-0.05, 0) is 85.3 Å². The Morgan fingerprint density at radius 2 is 0.744 bits per heavy atom. The highest BCUT2D eigenvalue weighted by Gasteiger charge is 2.13. The minimum Gasteiger partial charge on any atom is -0.616 e. The maximum absolute atomic E-state index is 5.16. The first-order chi connectivity index (χ1) is 21.0. The molecule has 43 heavy (non-hydrogen) atoms. The molecule has 6 aromatic rings. The highest BCUT2D eigenvalue weighted by Crippen LogP contribution is 2.36. The van der Waals surface area contributed by atoms with Crippen molar-refractivity contribution < 1.29 is 0 Å². The molecule has 6 rings (SSSR count). The Bertz CT molecular complexity index is 1650. The molecule has 0 atom stereocenters. The molecule has 0 amide bonds.